The topological polar surface area (TPSA) is 52.7 Å². The third-order valence-electron chi connectivity index (χ3n) is 4.20. The van der Waals surface area contributed by atoms with Crippen LogP contribution < -0.4 is 5.32 Å². The van der Waals surface area contributed by atoms with Gasteiger partial charge in [0.15, 0.2) is 0 Å². The molecular formula is C16H27N3O2. The number of hydrogen-bond acceptors (Lipinski definition) is 3. The first-order valence-corrected chi connectivity index (χ1v) is 8.14. The van der Waals surface area contributed by atoms with Crippen molar-refractivity contribution in [1.29, 1.82) is 0 Å². The van der Waals surface area contributed by atoms with E-state index < -0.39 is 0 Å². The summed E-state index contributed by atoms with van der Waals surface area (Å²) in [5.74, 6) is 0.530. The van der Waals surface area contributed by atoms with Crippen molar-refractivity contribution in [3.05, 3.63) is 12.3 Å². The van der Waals surface area contributed by atoms with E-state index in [9.17, 15) is 9.59 Å². The summed E-state index contributed by atoms with van der Waals surface area (Å²) in [6, 6.07) is 0. The van der Waals surface area contributed by atoms with Gasteiger partial charge in [-0.1, -0.05) is 13.0 Å². The van der Waals surface area contributed by atoms with Gasteiger partial charge in [0.1, 0.15) is 0 Å². The summed E-state index contributed by atoms with van der Waals surface area (Å²) >= 11 is 0. The standard InChI is InChI=1S/C16H27N3O2/c1-14(13-19-10-4-2-3-7-16(19)21)17-9-6-12-18-11-5-8-15(18)20/h17H,1-13H2. The molecule has 2 aliphatic rings. The van der Waals surface area contributed by atoms with E-state index in [1.165, 1.54) is 0 Å². The SMILES string of the molecule is C=C(CN1CCCCCC1=O)NCCCN1CCCC1=O. The van der Waals surface area contributed by atoms with Crippen LogP contribution in [-0.2, 0) is 9.59 Å². The van der Waals surface area contributed by atoms with Crippen molar-refractivity contribution in [2.75, 3.05) is 32.7 Å². The van der Waals surface area contributed by atoms with E-state index >= 15 is 0 Å². The van der Waals surface area contributed by atoms with Gasteiger partial charge in [0.25, 0.3) is 0 Å². The van der Waals surface area contributed by atoms with Crippen LogP contribution in [0.15, 0.2) is 12.3 Å². The van der Waals surface area contributed by atoms with Gasteiger partial charge in [0, 0.05) is 44.7 Å². The van der Waals surface area contributed by atoms with E-state index in [0.717, 1.165) is 64.0 Å². The summed E-state index contributed by atoms with van der Waals surface area (Å²) in [4.78, 5) is 27.2. The Hall–Kier alpha value is -1.52. The smallest absolute Gasteiger partial charge is 0.222 e. The van der Waals surface area contributed by atoms with Gasteiger partial charge >= 0.3 is 0 Å². The molecule has 0 unspecified atom stereocenters. The lowest BCUT2D eigenvalue weighted by Gasteiger charge is -2.22. The number of likely N-dealkylation sites (tertiary alicyclic amines) is 2. The van der Waals surface area contributed by atoms with E-state index in [-0.39, 0.29) is 11.8 Å². The van der Waals surface area contributed by atoms with Gasteiger partial charge in [-0.15, -0.1) is 0 Å². The molecule has 118 valence electrons. The lowest BCUT2D eigenvalue weighted by atomic mass is 10.2. The zero-order chi connectivity index (χ0) is 15.1. The minimum Gasteiger partial charge on any atom is -0.387 e. The summed E-state index contributed by atoms with van der Waals surface area (Å²) in [7, 11) is 0. The van der Waals surface area contributed by atoms with Crippen LogP contribution in [0.25, 0.3) is 0 Å². The second kappa shape index (κ2) is 8.05. The van der Waals surface area contributed by atoms with Crippen molar-refractivity contribution in [2.45, 2.75) is 44.9 Å². The van der Waals surface area contributed by atoms with E-state index in [1.54, 1.807) is 0 Å². The van der Waals surface area contributed by atoms with Crippen LogP contribution in [0.5, 0.6) is 0 Å². The Morgan fingerprint density at radius 2 is 1.71 bits per heavy atom. The number of hydrogen-bond donors (Lipinski definition) is 1. The molecule has 21 heavy (non-hydrogen) atoms. The molecule has 2 amide bonds. The quantitative estimate of drug-likeness (QED) is 0.724. The monoisotopic (exact) mass is 293 g/mol. The number of nitrogens with one attached hydrogen (secondary N) is 1. The number of carbonyl (C=O) groups excluding carboxylic acids is 2. The third kappa shape index (κ3) is 5.06. The van der Waals surface area contributed by atoms with E-state index in [4.69, 9.17) is 0 Å². The van der Waals surface area contributed by atoms with Crippen molar-refractivity contribution in [1.82, 2.24) is 15.1 Å². The number of amides is 2. The molecule has 0 spiro atoms. The second-order valence-corrected chi connectivity index (χ2v) is 5.99. The Morgan fingerprint density at radius 1 is 1.00 bits per heavy atom. The maximum atomic E-state index is 11.9. The molecule has 2 fully saturated rings. The molecule has 0 bridgehead atoms. The molecule has 2 saturated heterocycles. The Morgan fingerprint density at radius 3 is 2.48 bits per heavy atom. The summed E-state index contributed by atoms with van der Waals surface area (Å²) in [5.41, 5.74) is 0.901. The van der Waals surface area contributed by atoms with Crippen molar-refractivity contribution in [2.24, 2.45) is 0 Å². The molecule has 0 atom stereocenters. The molecular weight excluding hydrogens is 266 g/mol. The highest BCUT2D eigenvalue weighted by Crippen LogP contribution is 2.12. The van der Waals surface area contributed by atoms with Gasteiger partial charge < -0.3 is 15.1 Å². The van der Waals surface area contributed by atoms with Gasteiger partial charge in [0.2, 0.25) is 11.8 Å². The van der Waals surface area contributed by atoms with Crippen LogP contribution in [0, 0.1) is 0 Å². The van der Waals surface area contributed by atoms with E-state index in [1.807, 2.05) is 9.80 Å². The van der Waals surface area contributed by atoms with Crippen LogP contribution in [0.1, 0.15) is 44.9 Å². The molecule has 0 aromatic rings. The van der Waals surface area contributed by atoms with Gasteiger partial charge in [-0.25, -0.2) is 0 Å². The van der Waals surface area contributed by atoms with Crippen LogP contribution in [0.4, 0.5) is 0 Å². The average molecular weight is 293 g/mol. The first-order chi connectivity index (χ1) is 10.2. The van der Waals surface area contributed by atoms with Gasteiger partial charge in [0.05, 0.1) is 6.54 Å². The molecule has 2 heterocycles. The molecule has 1 N–H and O–H groups in total. The number of nitrogens with zero attached hydrogens (tertiary/aromatic N) is 2. The second-order valence-electron chi connectivity index (χ2n) is 5.99. The van der Waals surface area contributed by atoms with Crippen molar-refractivity contribution in [3.63, 3.8) is 0 Å². The van der Waals surface area contributed by atoms with Crippen LogP contribution in [0.3, 0.4) is 0 Å². The zero-order valence-electron chi connectivity index (χ0n) is 12.9. The lowest BCUT2D eigenvalue weighted by Crippen LogP contribution is -2.35. The van der Waals surface area contributed by atoms with Crippen molar-refractivity contribution >= 4 is 11.8 Å². The minimum absolute atomic E-state index is 0.248. The molecule has 0 aromatic carbocycles. The van der Waals surface area contributed by atoms with Crippen molar-refractivity contribution in [3.8, 4) is 0 Å². The summed E-state index contributed by atoms with van der Waals surface area (Å²) in [6.45, 7) is 8.01. The summed E-state index contributed by atoms with van der Waals surface area (Å²) < 4.78 is 0. The van der Waals surface area contributed by atoms with Crippen LogP contribution in [0.2, 0.25) is 0 Å². The lowest BCUT2D eigenvalue weighted by molar-refractivity contribution is -0.130. The van der Waals surface area contributed by atoms with Gasteiger partial charge in [-0.3, -0.25) is 9.59 Å². The molecule has 0 aliphatic carbocycles. The average Bonchev–Trinajstić information content (AvgIpc) is 2.76. The molecule has 0 aromatic heterocycles. The number of rotatable bonds is 7. The molecule has 0 radical (unpaired) electrons. The van der Waals surface area contributed by atoms with E-state index in [2.05, 4.69) is 11.9 Å². The Labute approximate surface area is 127 Å². The van der Waals surface area contributed by atoms with Crippen LogP contribution >= 0.6 is 0 Å². The summed E-state index contributed by atoms with van der Waals surface area (Å²) in [5, 5.41) is 3.28. The fourth-order valence-corrected chi connectivity index (χ4v) is 2.97. The predicted octanol–water partition coefficient (Wildman–Crippen LogP) is 1.50. The molecule has 2 rings (SSSR count). The largest absolute Gasteiger partial charge is 0.387 e. The zero-order valence-corrected chi connectivity index (χ0v) is 12.9. The maximum absolute atomic E-state index is 11.9. The Bertz CT molecular complexity index is 395. The molecule has 0 saturated carbocycles. The Kier molecular flexibility index (Phi) is 6.08. The molecule has 2 aliphatic heterocycles. The first kappa shape index (κ1) is 15.9. The van der Waals surface area contributed by atoms with E-state index in [0.29, 0.717) is 19.4 Å². The molecule has 5 nitrogen and oxygen atoms in total. The minimum atomic E-state index is 0.248. The third-order valence-corrected chi connectivity index (χ3v) is 4.20. The van der Waals surface area contributed by atoms with Gasteiger partial charge in [-0.2, -0.15) is 0 Å². The highest BCUT2D eigenvalue weighted by atomic mass is 16.2. The first-order valence-electron chi connectivity index (χ1n) is 8.14. The summed E-state index contributed by atoms with van der Waals surface area (Å²) in [6.07, 6.45) is 6.55. The number of carbonyl (C=O) groups is 2. The van der Waals surface area contributed by atoms with Crippen molar-refractivity contribution < 1.29 is 9.59 Å². The fourth-order valence-electron chi connectivity index (χ4n) is 2.97. The Balaban J connectivity index is 1.60. The fraction of sp³-hybridized carbons (Fsp3) is 0.750. The predicted molar refractivity (Wildman–Crippen MR) is 82.6 cm³/mol. The normalized spacial score (nSPS) is 19.8. The van der Waals surface area contributed by atoms with Crippen LogP contribution in [-0.4, -0.2) is 54.3 Å². The molecule has 5 heteroatoms. The maximum Gasteiger partial charge on any atom is 0.222 e. The highest BCUT2D eigenvalue weighted by Gasteiger charge is 2.19. The highest BCUT2D eigenvalue weighted by molar-refractivity contribution is 5.78. The van der Waals surface area contributed by atoms with Gasteiger partial charge in [-0.05, 0) is 25.7 Å².